The maximum Gasteiger partial charge on any atom is 0.315 e. The van der Waals surface area contributed by atoms with Crippen LogP contribution in [0.2, 0.25) is 0 Å². The molecule has 0 spiro atoms. The van der Waals surface area contributed by atoms with Crippen molar-refractivity contribution in [3.8, 4) is 6.07 Å². The minimum absolute atomic E-state index is 0.0263. The Kier molecular flexibility index (Phi) is 4.08. The van der Waals surface area contributed by atoms with Gasteiger partial charge < -0.3 is 10.1 Å². The molecule has 58 valence electrons. The molecule has 0 radical (unpaired) electrons. The van der Waals surface area contributed by atoms with Gasteiger partial charge in [0.1, 0.15) is 6.54 Å². The van der Waals surface area contributed by atoms with Crippen molar-refractivity contribution in [1.82, 2.24) is 0 Å². The molecule has 0 aromatic carbocycles. The lowest BCUT2D eigenvalue weighted by atomic mass is 10.6. The molecule has 0 aliphatic heterocycles. The lowest BCUT2D eigenvalue weighted by molar-refractivity contribution is -0.426. The fourth-order valence-corrected chi connectivity index (χ4v) is 0.283. The van der Waals surface area contributed by atoms with E-state index in [1.807, 2.05) is 0 Å². The molecule has 0 bridgehead atoms. The van der Waals surface area contributed by atoms with Crippen LogP contribution in [0.25, 0.3) is 0 Å². The van der Waals surface area contributed by atoms with Crippen molar-refractivity contribution in [2.24, 2.45) is 10.7 Å². The van der Waals surface area contributed by atoms with E-state index >= 15 is 0 Å². The molecule has 0 atom stereocenters. The highest BCUT2D eigenvalue weighted by atomic mass is 16.6. The average Bonchev–Trinajstić information content (AvgIpc) is 1.97. The summed E-state index contributed by atoms with van der Waals surface area (Å²) in [7, 11) is 0. The normalized spacial score (nSPS) is 11.4. The quantitative estimate of drug-likeness (QED) is 0.259. The maximum atomic E-state index is 9.85. The smallest absolute Gasteiger partial charge is 0.315 e. The molecule has 2 N–H and O–H groups in total. The first-order chi connectivity index (χ1) is 5.18. The van der Waals surface area contributed by atoms with Gasteiger partial charge in [-0.3, -0.25) is 10.7 Å². The minimum Gasteiger partial charge on any atom is -0.358 e. The third-order valence-electron chi connectivity index (χ3n) is 0.724. The van der Waals surface area contributed by atoms with Gasteiger partial charge in [0.05, 0.1) is 6.07 Å². The third-order valence-corrected chi connectivity index (χ3v) is 0.724. The number of rotatable bonds is 3. The molecule has 0 fully saturated rings. The zero-order valence-corrected chi connectivity index (χ0v) is 5.60. The number of aliphatic imine (C=N–C) groups is 1. The second-order valence-electron chi connectivity index (χ2n) is 1.50. The number of hydrogen-bond donors (Lipinski definition) is 1. The summed E-state index contributed by atoms with van der Waals surface area (Å²) in [5.41, 5.74) is 4.89. The molecule has 0 heterocycles. The Hall–Kier alpha value is -1.90. The Bertz CT molecular complexity index is 237. The summed E-state index contributed by atoms with van der Waals surface area (Å²) in [5, 5.41) is 17.8. The van der Waals surface area contributed by atoms with E-state index in [-0.39, 0.29) is 6.54 Å². The highest BCUT2D eigenvalue weighted by Gasteiger charge is 1.94. The van der Waals surface area contributed by atoms with E-state index in [1.54, 1.807) is 6.07 Å². The van der Waals surface area contributed by atoms with Crippen molar-refractivity contribution in [3.05, 3.63) is 22.0 Å². The summed E-state index contributed by atoms with van der Waals surface area (Å²) in [4.78, 5) is 12.6. The Labute approximate surface area is 62.8 Å². The molecule has 0 saturated carbocycles. The van der Waals surface area contributed by atoms with Gasteiger partial charge in [0, 0.05) is 12.3 Å². The zero-order valence-electron chi connectivity index (χ0n) is 5.60. The van der Waals surface area contributed by atoms with Crippen LogP contribution in [-0.2, 0) is 0 Å². The molecule has 0 aromatic heterocycles. The molecule has 0 aliphatic carbocycles. The van der Waals surface area contributed by atoms with Crippen molar-refractivity contribution < 1.29 is 4.92 Å². The van der Waals surface area contributed by atoms with Crippen molar-refractivity contribution >= 4 is 6.21 Å². The molecule has 0 aliphatic rings. The van der Waals surface area contributed by atoms with Gasteiger partial charge in [-0.2, -0.15) is 5.26 Å². The van der Waals surface area contributed by atoms with Crippen molar-refractivity contribution in [2.75, 3.05) is 6.54 Å². The Balaban J connectivity index is 3.94. The van der Waals surface area contributed by atoms with Crippen LogP contribution in [0, 0.1) is 21.4 Å². The van der Waals surface area contributed by atoms with Gasteiger partial charge in [-0.15, -0.1) is 0 Å². The lowest BCUT2D eigenvalue weighted by Gasteiger charge is -1.88. The van der Waals surface area contributed by atoms with E-state index in [9.17, 15) is 10.1 Å². The Morgan fingerprint density at radius 2 is 2.55 bits per heavy atom. The number of nitro groups is 1. The number of nitrogens with zero attached hydrogens (tertiary/aromatic N) is 3. The molecule has 0 saturated heterocycles. The first kappa shape index (κ1) is 9.10. The maximum absolute atomic E-state index is 9.85. The van der Waals surface area contributed by atoms with E-state index < -0.39 is 10.7 Å². The fraction of sp³-hybridized carbons (Fsp3) is 0.200. The van der Waals surface area contributed by atoms with Crippen LogP contribution in [0.5, 0.6) is 0 Å². The van der Waals surface area contributed by atoms with Crippen LogP contribution < -0.4 is 5.73 Å². The molecule has 0 unspecified atom stereocenters. The first-order valence-electron chi connectivity index (χ1n) is 2.65. The van der Waals surface area contributed by atoms with Crippen molar-refractivity contribution in [1.29, 1.82) is 5.26 Å². The van der Waals surface area contributed by atoms with Crippen LogP contribution in [0.3, 0.4) is 0 Å². The molecule has 0 aromatic rings. The first-order valence-corrected chi connectivity index (χ1v) is 2.65. The van der Waals surface area contributed by atoms with Gasteiger partial charge >= 0.3 is 5.82 Å². The van der Waals surface area contributed by atoms with Gasteiger partial charge in [-0.1, -0.05) is 0 Å². The van der Waals surface area contributed by atoms with Crippen LogP contribution in [0.1, 0.15) is 0 Å². The highest BCUT2D eigenvalue weighted by Crippen LogP contribution is 1.80. The van der Waals surface area contributed by atoms with E-state index in [4.69, 9.17) is 11.0 Å². The Morgan fingerprint density at radius 3 is 3.00 bits per heavy atom. The third kappa shape index (κ3) is 4.59. The minimum atomic E-state index is -0.738. The second kappa shape index (κ2) is 4.93. The summed E-state index contributed by atoms with van der Waals surface area (Å²) >= 11 is 0. The summed E-state index contributed by atoms with van der Waals surface area (Å²) in [6, 6.07) is 1.73. The molecule has 11 heavy (non-hydrogen) atoms. The van der Waals surface area contributed by atoms with E-state index in [1.165, 1.54) is 0 Å². The molecular weight excluding hydrogens is 148 g/mol. The molecule has 6 nitrogen and oxygen atoms in total. The molecular formula is C5H6N4O2. The SMILES string of the molecule is N#CCN=CC=C(N)[N+](=O)[O-]. The van der Waals surface area contributed by atoms with Gasteiger partial charge in [0.15, 0.2) is 0 Å². The predicted octanol–water partition coefficient (Wildman–Crippen LogP) is -0.342. The van der Waals surface area contributed by atoms with E-state index in [0.29, 0.717) is 0 Å². The van der Waals surface area contributed by atoms with Crippen molar-refractivity contribution in [3.63, 3.8) is 0 Å². The van der Waals surface area contributed by atoms with Crippen molar-refractivity contribution in [2.45, 2.75) is 0 Å². The summed E-state index contributed by atoms with van der Waals surface area (Å²) in [5.74, 6) is -0.494. The van der Waals surface area contributed by atoms with Crippen LogP contribution in [-0.4, -0.2) is 17.7 Å². The zero-order chi connectivity index (χ0) is 8.69. The lowest BCUT2D eigenvalue weighted by Crippen LogP contribution is -2.08. The fourth-order valence-electron chi connectivity index (χ4n) is 0.283. The highest BCUT2D eigenvalue weighted by molar-refractivity contribution is 5.71. The van der Waals surface area contributed by atoms with Gasteiger partial charge in [0.2, 0.25) is 0 Å². The monoisotopic (exact) mass is 154 g/mol. The van der Waals surface area contributed by atoms with Crippen LogP contribution in [0.4, 0.5) is 0 Å². The largest absolute Gasteiger partial charge is 0.358 e. The molecule has 6 heteroatoms. The number of hydrogen-bond acceptors (Lipinski definition) is 5. The van der Waals surface area contributed by atoms with Crippen LogP contribution in [0.15, 0.2) is 16.9 Å². The Morgan fingerprint density at radius 1 is 1.91 bits per heavy atom. The van der Waals surface area contributed by atoms with E-state index in [2.05, 4.69) is 4.99 Å². The molecule has 0 rings (SSSR count). The van der Waals surface area contributed by atoms with Crippen LogP contribution >= 0.6 is 0 Å². The number of nitriles is 1. The average molecular weight is 154 g/mol. The topological polar surface area (TPSA) is 105 Å². The number of allylic oxidation sites excluding steroid dienone is 1. The molecule has 0 amide bonds. The van der Waals surface area contributed by atoms with Gasteiger partial charge in [-0.05, 0) is 4.92 Å². The van der Waals surface area contributed by atoms with Gasteiger partial charge in [0.25, 0.3) is 0 Å². The summed E-state index contributed by atoms with van der Waals surface area (Å²) in [6.07, 6.45) is 2.15. The predicted molar refractivity (Wildman–Crippen MR) is 38.2 cm³/mol. The standard InChI is InChI=1S/C5H6N4O2/c6-2-4-8-3-1-5(7)9(10)11/h1,3H,4,7H2. The van der Waals surface area contributed by atoms with E-state index in [0.717, 1.165) is 12.3 Å². The summed E-state index contributed by atoms with van der Waals surface area (Å²) < 4.78 is 0. The summed E-state index contributed by atoms with van der Waals surface area (Å²) in [6.45, 7) is -0.0263. The van der Waals surface area contributed by atoms with Gasteiger partial charge in [-0.25, -0.2) is 0 Å². The second-order valence-corrected chi connectivity index (χ2v) is 1.50. The number of nitrogens with two attached hydrogens (primary N) is 1.